The Balaban J connectivity index is 2.52. The number of alkyl halides is 1. The highest BCUT2D eigenvalue weighted by molar-refractivity contribution is 9.12. The molecule has 0 saturated carbocycles. The number of fused-ring (bicyclic) bond motifs is 1. The Kier molecular flexibility index (Phi) is 3.44. The Morgan fingerprint density at radius 1 is 1.56 bits per heavy atom. The van der Waals surface area contributed by atoms with E-state index in [4.69, 9.17) is 5.73 Å². The maximum atomic E-state index is 12.5. The second kappa shape index (κ2) is 4.49. The Labute approximate surface area is 123 Å². The lowest BCUT2D eigenvalue weighted by atomic mass is 9.88. The lowest BCUT2D eigenvalue weighted by molar-refractivity contribution is -0.141. The van der Waals surface area contributed by atoms with Crippen molar-refractivity contribution in [3.05, 3.63) is 22.3 Å². The molecule has 18 heavy (non-hydrogen) atoms. The van der Waals surface area contributed by atoms with Crippen molar-refractivity contribution in [2.24, 2.45) is 11.7 Å². The second-order valence-corrected chi connectivity index (χ2v) is 6.69. The van der Waals surface area contributed by atoms with Gasteiger partial charge in [0.1, 0.15) is 0 Å². The molecule has 0 aromatic heterocycles. The standard InChI is InChI=1S/C12H14Br2N2O2/c1-3-6(2)16-10(17)7-4-5-8(13)9(15)12(7,14)11(16)18/h4-7H,3,15H2,1-2H3. The van der Waals surface area contributed by atoms with Crippen LogP contribution in [0.25, 0.3) is 0 Å². The van der Waals surface area contributed by atoms with Gasteiger partial charge in [-0.15, -0.1) is 0 Å². The van der Waals surface area contributed by atoms with Crippen molar-refractivity contribution < 1.29 is 9.59 Å². The zero-order valence-corrected chi connectivity index (χ0v) is 13.3. The van der Waals surface area contributed by atoms with E-state index in [2.05, 4.69) is 31.9 Å². The molecule has 3 atom stereocenters. The maximum absolute atomic E-state index is 12.5. The number of rotatable bonds is 2. The molecule has 2 N–H and O–H groups in total. The summed E-state index contributed by atoms with van der Waals surface area (Å²) < 4.78 is -0.482. The molecule has 1 heterocycles. The smallest absolute Gasteiger partial charge is 0.253 e. The van der Waals surface area contributed by atoms with Gasteiger partial charge in [-0.1, -0.05) is 28.9 Å². The monoisotopic (exact) mass is 376 g/mol. The summed E-state index contributed by atoms with van der Waals surface area (Å²) in [7, 11) is 0. The molecule has 0 radical (unpaired) electrons. The summed E-state index contributed by atoms with van der Waals surface area (Å²) in [5, 5.41) is 0. The Morgan fingerprint density at radius 3 is 2.72 bits per heavy atom. The van der Waals surface area contributed by atoms with Gasteiger partial charge in [-0.05, 0) is 35.4 Å². The first-order valence-corrected chi connectivity index (χ1v) is 7.34. The van der Waals surface area contributed by atoms with Gasteiger partial charge >= 0.3 is 0 Å². The van der Waals surface area contributed by atoms with E-state index < -0.39 is 10.2 Å². The molecule has 0 bridgehead atoms. The van der Waals surface area contributed by atoms with Gasteiger partial charge in [0.15, 0.2) is 4.32 Å². The van der Waals surface area contributed by atoms with Crippen molar-refractivity contribution >= 4 is 43.7 Å². The van der Waals surface area contributed by atoms with E-state index in [0.717, 1.165) is 6.42 Å². The first-order valence-electron chi connectivity index (χ1n) is 5.76. The van der Waals surface area contributed by atoms with Gasteiger partial charge in [-0.3, -0.25) is 14.5 Å². The van der Waals surface area contributed by atoms with Crippen LogP contribution in [-0.4, -0.2) is 27.1 Å². The third-order valence-corrected chi connectivity index (χ3v) is 5.53. The van der Waals surface area contributed by atoms with Gasteiger partial charge in [0.05, 0.1) is 11.6 Å². The largest absolute Gasteiger partial charge is 0.400 e. The highest BCUT2D eigenvalue weighted by atomic mass is 79.9. The van der Waals surface area contributed by atoms with Crippen LogP contribution in [0.5, 0.6) is 0 Å². The van der Waals surface area contributed by atoms with Crippen molar-refractivity contribution in [3.8, 4) is 0 Å². The summed E-state index contributed by atoms with van der Waals surface area (Å²) >= 11 is 6.70. The number of carbonyl (C=O) groups is 2. The van der Waals surface area contributed by atoms with Crippen molar-refractivity contribution in [1.82, 2.24) is 4.90 Å². The van der Waals surface area contributed by atoms with E-state index in [1.54, 1.807) is 12.2 Å². The molecule has 4 nitrogen and oxygen atoms in total. The van der Waals surface area contributed by atoms with Gasteiger partial charge in [-0.2, -0.15) is 0 Å². The average molecular weight is 378 g/mol. The molecule has 0 aromatic rings. The van der Waals surface area contributed by atoms with E-state index in [-0.39, 0.29) is 17.9 Å². The summed E-state index contributed by atoms with van der Waals surface area (Å²) in [6.45, 7) is 3.81. The predicted octanol–water partition coefficient (Wildman–Crippen LogP) is 2.04. The van der Waals surface area contributed by atoms with Crippen LogP contribution in [0.3, 0.4) is 0 Å². The van der Waals surface area contributed by atoms with Gasteiger partial charge in [0, 0.05) is 10.5 Å². The highest BCUT2D eigenvalue weighted by Crippen LogP contribution is 2.47. The Bertz CT molecular complexity index is 486. The molecule has 0 aromatic carbocycles. The van der Waals surface area contributed by atoms with Crippen LogP contribution in [0.4, 0.5) is 0 Å². The first-order chi connectivity index (χ1) is 8.35. The van der Waals surface area contributed by atoms with E-state index >= 15 is 0 Å². The number of hydrogen-bond acceptors (Lipinski definition) is 3. The van der Waals surface area contributed by atoms with Gasteiger partial charge in [-0.25, -0.2) is 0 Å². The summed E-state index contributed by atoms with van der Waals surface area (Å²) in [5.41, 5.74) is 6.35. The van der Waals surface area contributed by atoms with E-state index in [9.17, 15) is 9.59 Å². The molecular formula is C12H14Br2N2O2. The minimum Gasteiger partial charge on any atom is -0.400 e. The Hall–Kier alpha value is -0.620. The first kappa shape index (κ1) is 13.8. The number of halogens is 2. The second-order valence-electron chi connectivity index (χ2n) is 4.58. The van der Waals surface area contributed by atoms with Gasteiger partial charge in [0.2, 0.25) is 5.91 Å². The zero-order valence-electron chi connectivity index (χ0n) is 10.1. The molecular weight excluding hydrogens is 364 g/mol. The molecule has 6 heteroatoms. The average Bonchev–Trinajstić information content (AvgIpc) is 2.54. The molecule has 1 fully saturated rings. The Morgan fingerprint density at radius 2 is 2.17 bits per heavy atom. The SMILES string of the molecule is CCC(C)N1C(=O)C2C=CC(Br)=C(N)C2(Br)C1=O. The maximum Gasteiger partial charge on any atom is 0.253 e. The van der Waals surface area contributed by atoms with Crippen molar-refractivity contribution in [2.75, 3.05) is 0 Å². The van der Waals surface area contributed by atoms with Crippen LogP contribution in [0.1, 0.15) is 20.3 Å². The number of carbonyl (C=O) groups excluding carboxylic acids is 2. The molecule has 1 aliphatic heterocycles. The fraction of sp³-hybridized carbons (Fsp3) is 0.500. The topological polar surface area (TPSA) is 63.4 Å². The van der Waals surface area contributed by atoms with Crippen molar-refractivity contribution in [1.29, 1.82) is 0 Å². The van der Waals surface area contributed by atoms with E-state index in [1.165, 1.54) is 4.90 Å². The van der Waals surface area contributed by atoms with E-state index in [1.807, 2.05) is 13.8 Å². The molecule has 1 aliphatic carbocycles. The highest BCUT2D eigenvalue weighted by Gasteiger charge is 2.60. The molecule has 0 spiro atoms. The third kappa shape index (κ3) is 1.61. The fourth-order valence-electron chi connectivity index (χ4n) is 2.27. The number of amides is 2. The summed E-state index contributed by atoms with van der Waals surface area (Å²) in [6.07, 6.45) is 4.17. The van der Waals surface area contributed by atoms with Crippen LogP contribution in [0, 0.1) is 5.92 Å². The van der Waals surface area contributed by atoms with Crippen LogP contribution >= 0.6 is 31.9 Å². The van der Waals surface area contributed by atoms with Crippen LogP contribution in [-0.2, 0) is 9.59 Å². The van der Waals surface area contributed by atoms with Crippen LogP contribution in [0.15, 0.2) is 22.3 Å². The van der Waals surface area contributed by atoms with Gasteiger partial charge in [0.25, 0.3) is 5.91 Å². The fourth-order valence-corrected chi connectivity index (χ4v) is 3.75. The number of likely N-dealkylation sites (tertiary alicyclic amines) is 1. The van der Waals surface area contributed by atoms with Crippen LogP contribution < -0.4 is 5.73 Å². The number of nitrogens with zero attached hydrogens (tertiary/aromatic N) is 1. The quantitative estimate of drug-likeness (QED) is 0.591. The number of nitrogens with two attached hydrogens (primary N) is 1. The predicted molar refractivity (Wildman–Crippen MR) is 76.0 cm³/mol. The number of hydrogen-bond donors (Lipinski definition) is 1. The normalized spacial score (nSPS) is 33.1. The van der Waals surface area contributed by atoms with E-state index in [0.29, 0.717) is 10.2 Å². The van der Waals surface area contributed by atoms with Crippen molar-refractivity contribution in [3.63, 3.8) is 0 Å². The minimum absolute atomic E-state index is 0.120. The third-order valence-electron chi connectivity index (χ3n) is 3.58. The molecule has 3 unspecified atom stereocenters. The molecule has 2 amide bonds. The van der Waals surface area contributed by atoms with Gasteiger partial charge < -0.3 is 5.73 Å². The zero-order chi connectivity index (χ0) is 13.7. The molecule has 98 valence electrons. The lowest BCUT2D eigenvalue weighted by Crippen LogP contribution is -2.45. The summed E-state index contributed by atoms with van der Waals surface area (Å²) in [4.78, 5) is 26.2. The molecule has 1 saturated heterocycles. The van der Waals surface area contributed by atoms with Crippen LogP contribution in [0.2, 0.25) is 0 Å². The number of imide groups is 1. The molecule has 2 aliphatic rings. The molecule has 2 rings (SSSR count). The summed E-state index contributed by atoms with van der Waals surface area (Å²) in [5.74, 6) is -1.02. The lowest BCUT2D eigenvalue weighted by Gasteiger charge is -2.28. The minimum atomic E-state index is -1.12. The number of allylic oxidation sites excluding steroid dienone is 2. The summed E-state index contributed by atoms with van der Waals surface area (Å²) in [6, 6.07) is -0.120. The van der Waals surface area contributed by atoms with Crippen molar-refractivity contribution in [2.45, 2.75) is 30.6 Å².